The first-order chi connectivity index (χ1) is 13.1. The molecule has 136 valence electrons. The Bertz CT molecular complexity index is 1010. The molecule has 2 aromatic heterocycles. The van der Waals surface area contributed by atoms with Crippen LogP contribution in [0.1, 0.15) is 26.9 Å². The molecule has 3 heterocycles. The molecule has 1 aliphatic rings. The minimum Gasteiger partial charge on any atom is -0.327 e. The van der Waals surface area contributed by atoms with E-state index in [1.54, 1.807) is 40.9 Å². The fourth-order valence-electron chi connectivity index (χ4n) is 3.36. The van der Waals surface area contributed by atoms with Crippen molar-refractivity contribution in [3.63, 3.8) is 0 Å². The number of benzene rings is 1. The van der Waals surface area contributed by atoms with Gasteiger partial charge in [0.05, 0.1) is 16.5 Å². The molecule has 0 radical (unpaired) electrons. The van der Waals surface area contributed by atoms with E-state index in [1.807, 2.05) is 22.4 Å². The van der Waals surface area contributed by atoms with Crippen LogP contribution in [-0.2, 0) is 11.2 Å². The molecule has 0 spiro atoms. The van der Waals surface area contributed by atoms with E-state index in [-0.39, 0.29) is 17.6 Å². The molecule has 3 aromatic rings. The van der Waals surface area contributed by atoms with Crippen molar-refractivity contribution in [3.05, 3.63) is 90.3 Å². The largest absolute Gasteiger partial charge is 0.327 e. The van der Waals surface area contributed by atoms with Gasteiger partial charge in [-0.15, -0.1) is 22.7 Å². The quantitative estimate of drug-likeness (QED) is 0.358. The lowest BCUT2D eigenvalue weighted by molar-refractivity contribution is -0.385. The van der Waals surface area contributed by atoms with Crippen LogP contribution in [0.25, 0.3) is 6.08 Å². The first kappa shape index (κ1) is 17.6. The average Bonchev–Trinajstić information content (AvgIpc) is 3.37. The van der Waals surface area contributed by atoms with Crippen LogP contribution >= 0.6 is 22.7 Å². The van der Waals surface area contributed by atoms with E-state index in [9.17, 15) is 14.9 Å². The summed E-state index contributed by atoms with van der Waals surface area (Å²) < 4.78 is 0. The van der Waals surface area contributed by atoms with Gasteiger partial charge in [0.25, 0.3) is 5.69 Å². The van der Waals surface area contributed by atoms with Crippen LogP contribution in [-0.4, -0.2) is 22.3 Å². The summed E-state index contributed by atoms with van der Waals surface area (Å²) in [5.41, 5.74) is 1.60. The molecule has 0 saturated heterocycles. The number of hydrogen-bond donors (Lipinski definition) is 0. The van der Waals surface area contributed by atoms with Gasteiger partial charge in [0.15, 0.2) is 0 Å². The zero-order valence-corrected chi connectivity index (χ0v) is 15.9. The molecule has 0 bridgehead atoms. The van der Waals surface area contributed by atoms with Crippen LogP contribution in [0.5, 0.6) is 0 Å². The lowest BCUT2D eigenvalue weighted by Crippen LogP contribution is -2.38. The molecule has 27 heavy (non-hydrogen) atoms. The average molecular weight is 396 g/mol. The van der Waals surface area contributed by atoms with Gasteiger partial charge in [-0.1, -0.05) is 18.2 Å². The molecular formula is C20H16N2O3S2. The molecule has 0 aliphatic carbocycles. The van der Waals surface area contributed by atoms with Crippen molar-refractivity contribution in [2.24, 2.45) is 0 Å². The molecule has 5 nitrogen and oxygen atoms in total. The predicted molar refractivity (Wildman–Crippen MR) is 108 cm³/mol. The van der Waals surface area contributed by atoms with Crippen LogP contribution in [0.15, 0.2) is 59.3 Å². The van der Waals surface area contributed by atoms with Crippen molar-refractivity contribution in [3.8, 4) is 0 Å². The molecule has 7 heteroatoms. The number of fused-ring (bicyclic) bond motifs is 1. The minimum absolute atomic E-state index is 0.00452. The normalized spacial score (nSPS) is 16.4. The summed E-state index contributed by atoms with van der Waals surface area (Å²) in [5.74, 6) is -0.136. The Morgan fingerprint density at radius 3 is 2.78 bits per heavy atom. The second-order valence-electron chi connectivity index (χ2n) is 6.15. The third-order valence-corrected chi connectivity index (χ3v) is 6.52. The number of nitrogens with zero attached hydrogens (tertiary/aromatic N) is 2. The number of para-hydroxylation sites is 1. The maximum absolute atomic E-state index is 13.0. The Morgan fingerprint density at radius 1 is 1.15 bits per heavy atom. The number of carbonyl (C=O) groups is 1. The van der Waals surface area contributed by atoms with Crippen molar-refractivity contribution in [2.45, 2.75) is 12.5 Å². The highest BCUT2D eigenvalue weighted by atomic mass is 32.1. The lowest BCUT2D eigenvalue weighted by Gasteiger charge is -2.34. The summed E-state index contributed by atoms with van der Waals surface area (Å²) in [4.78, 5) is 28.0. The molecular weight excluding hydrogens is 380 g/mol. The Kier molecular flexibility index (Phi) is 4.87. The van der Waals surface area contributed by atoms with Gasteiger partial charge in [0.2, 0.25) is 5.91 Å². The fraction of sp³-hybridized carbons (Fsp3) is 0.150. The Morgan fingerprint density at radius 2 is 2.00 bits per heavy atom. The van der Waals surface area contributed by atoms with E-state index in [0.29, 0.717) is 12.1 Å². The van der Waals surface area contributed by atoms with E-state index in [2.05, 4.69) is 11.4 Å². The minimum atomic E-state index is -0.433. The highest BCUT2D eigenvalue weighted by Gasteiger charge is 2.32. The molecule has 0 saturated carbocycles. The Labute approximate surface area is 164 Å². The van der Waals surface area contributed by atoms with Crippen LogP contribution in [0.3, 0.4) is 0 Å². The molecule has 1 atom stereocenters. The first-order valence-electron chi connectivity index (χ1n) is 8.47. The van der Waals surface area contributed by atoms with Gasteiger partial charge >= 0.3 is 0 Å². The highest BCUT2D eigenvalue weighted by molar-refractivity contribution is 7.10. The number of hydrogen-bond acceptors (Lipinski definition) is 5. The van der Waals surface area contributed by atoms with Crippen LogP contribution in [0.2, 0.25) is 0 Å². The van der Waals surface area contributed by atoms with Crippen LogP contribution < -0.4 is 0 Å². The van der Waals surface area contributed by atoms with Gasteiger partial charge in [-0.3, -0.25) is 14.9 Å². The van der Waals surface area contributed by atoms with E-state index in [0.717, 1.165) is 11.3 Å². The van der Waals surface area contributed by atoms with Gasteiger partial charge < -0.3 is 4.90 Å². The summed E-state index contributed by atoms with van der Waals surface area (Å²) in [7, 11) is 0. The first-order valence-corrected chi connectivity index (χ1v) is 10.2. The van der Waals surface area contributed by atoms with Crippen LogP contribution in [0, 0.1) is 10.1 Å². The molecule has 4 rings (SSSR count). The summed E-state index contributed by atoms with van der Waals surface area (Å²) in [6.07, 6.45) is 3.81. The highest BCUT2D eigenvalue weighted by Crippen LogP contribution is 2.39. The number of rotatable bonds is 4. The van der Waals surface area contributed by atoms with Crippen LogP contribution in [0.4, 0.5) is 5.69 Å². The van der Waals surface area contributed by atoms with E-state index >= 15 is 0 Å². The second kappa shape index (κ2) is 7.46. The number of thiophene rings is 2. The summed E-state index contributed by atoms with van der Waals surface area (Å²) >= 11 is 3.36. The second-order valence-corrected chi connectivity index (χ2v) is 8.13. The maximum Gasteiger partial charge on any atom is 0.276 e. The molecule has 0 N–H and O–H groups in total. The standard InChI is InChI=1S/C20H16N2O3S2/c23-19(8-7-14-4-1-2-5-16(14)22(24)25)21-11-9-17-15(10-13-27-17)20(21)18-6-3-12-26-18/h1-8,10,12-13,20H,9,11H2/b8-7+/t20-/m0/s1. The summed E-state index contributed by atoms with van der Waals surface area (Å²) in [5, 5.41) is 15.2. The van der Waals surface area contributed by atoms with Gasteiger partial charge in [-0.25, -0.2) is 0 Å². The number of carbonyl (C=O) groups excluding carboxylic acids is 1. The maximum atomic E-state index is 13.0. The van der Waals surface area contributed by atoms with Gasteiger partial charge in [0.1, 0.15) is 0 Å². The lowest BCUT2D eigenvalue weighted by atomic mass is 9.98. The van der Waals surface area contributed by atoms with E-state index < -0.39 is 4.92 Å². The number of nitro groups is 1. The van der Waals surface area contributed by atoms with Gasteiger partial charge in [-0.2, -0.15) is 0 Å². The Balaban J connectivity index is 1.64. The molecule has 1 aliphatic heterocycles. The zero-order chi connectivity index (χ0) is 18.8. The molecule has 1 amide bonds. The van der Waals surface area contributed by atoms with E-state index in [1.165, 1.54) is 28.7 Å². The fourth-order valence-corrected chi connectivity index (χ4v) is 5.12. The molecule has 1 aromatic carbocycles. The van der Waals surface area contributed by atoms with Crippen molar-refractivity contribution in [1.82, 2.24) is 4.90 Å². The van der Waals surface area contributed by atoms with Crippen molar-refractivity contribution in [1.29, 1.82) is 0 Å². The molecule has 0 unspecified atom stereocenters. The predicted octanol–water partition coefficient (Wildman–Crippen LogP) is 4.91. The number of amides is 1. The van der Waals surface area contributed by atoms with Crippen molar-refractivity contribution >= 4 is 40.3 Å². The van der Waals surface area contributed by atoms with E-state index in [4.69, 9.17) is 0 Å². The summed E-state index contributed by atoms with van der Waals surface area (Å²) in [6.45, 7) is 0.635. The van der Waals surface area contributed by atoms with Gasteiger partial charge in [0, 0.05) is 28.4 Å². The monoisotopic (exact) mass is 396 g/mol. The smallest absolute Gasteiger partial charge is 0.276 e. The Hall–Kier alpha value is -2.77. The SMILES string of the molecule is O=C(/C=C/c1ccccc1[N+](=O)[O-])N1CCc2sccc2[C@H]1c1cccs1. The third-order valence-electron chi connectivity index (χ3n) is 4.60. The van der Waals surface area contributed by atoms with Gasteiger partial charge in [-0.05, 0) is 47.0 Å². The zero-order valence-electron chi connectivity index (χ0n) is 14.3. The summed E-state index contributed by atoms with van der Waals surface area (Å²) in [6, 6.07) is 12.5. The van der Waals surface area contributed by atoms with Crippen molar-refractivity contribution < 1.29 is 9.72 Å². The third kappa shape index (κ3) is 3.43. The van der Waals surface area contributed by atoms with Crippen molar-refractivity contribution in [2.75, 3.05) is 6.54 Å². The molecule has 0 fully saturated rings. The number of nitro benzene ring substituents is 1. The topological polar surface area (TPSA) is 63.4 Å².